The van der Waals surface area contributed by atoms with Gasteiger partial charge in [0, 0.05) is 12.2 Å². The number of rotatable bonds is 7. The van der Waals surface area contributed by atoms with Gasteiger partial charge in [-0.25, -0.2) is 0 Å². The molecule has 0 heterocycles. The molecule has 3 aromatic rings. The van der Waals surface area contributed by atoms with Crippen LogP contribution in [-0.2, 0) is 4.79 Å². The smallest absolute Gasteiger partial charge is 0.262 e. The van der Waals surface area contributed by atoms with Gasteiger partial charge in [0.05, 0.1) is 11.3 Å². The van der Waals surface area contributed by atoms with Gasteiger partial charge >= 0.3 is 0 Å². The molecule has 0 saturated carbocycles. The number of para-hydroxylation sites is 3. The highest BCUT2D eigenvalue weighted by molar-refractivity contribution is 6.11. The molecule has 2 amide bonds. The largest absolute Gasteiger partial charge is 0.483 e. The lowest BCUT2D eigenvalue weighted by molar-refractivity contribution is -0.118. The molecular formula is C24H24N2O3. The van der Waals surface area contributed by atoms with E-state index in [0.717, 1.165) is 11.3 Å². The number of amides is 2. The topological polar surface area (TPSA) is 58.6 Å². The summed E-state index contributed by atoms with van der Waals surface area (Å²) in [6.07, 6.45) is 0. The number of hydrogen-bond donors (Lipinski definition) is 1. The minimum absolute atomic E-state index is 0.135. The molecule has 5 heteroatoms. The van der Waals surface area contributed by atoms with Crippen LogP contribution in [0.2, 0.25) is 0 Å². The standard InChI is InChI=1S/C24H24N2O3/c1-3-26(19-12-5-4-6-13-19)24(28)20-14-8-9-15-21(20)25-23(27)17-29-22-16-10-7-11-18(22)2/h4-16H,3,17H2,1-2H3,(H,25,27). The Hall–Kier alpha value is -3.60. The van der Waals surface area contributed by atoms with Crippen LogP contribution >= 0.6 is 0 Å². The lowest BCUT2D eigenvalue weighted by Gasteiger charge is -2.22. The summed E-state index contributed by atoms with van der Waals surface area (Å²) < 4.78 is 5.60. The van der Waals surface area contributed by atoms with Crippen molar-refractivity contribution in [3.63, 3.8) is 0 Å². The first-order chi connectivity index (χ1) is 14.1. The van der Waals surface area contributed by atoms with Gasteiger partial charge in [0.25, 0.3) is 11.8 Å². The number of anilines is 2. The molecule has 0 radical (unpaired) electrons. The van der Waals surface area contributed by atoms with Crippen molar-refractivity contribution in [2.75, 3.05) is 23.4 Å². The Balaban J connectivity index is 1.73. The van der Waals surface area contributed by atoms with Gasteiger partial charge < -0.3 is 15.0 Å². The highest BCUT2D eigenvalue weighted by Crippen LogP contribution is 2.22. The van der Waals surface area contributed by atoms with Crippen molar-refractivity contribution in [3.8, 4) is 5.75 Å². The maximum atomic E-state index is 13.1. The predicted octanol–water partition coefficient (Wildman–Crippen LogP) is 4.68. The summed E-state index contributed by atoms with van der Waals surface area (Å²) in [5, 5.41) is 2.80. The fraction of sp³-hybridized carbons (Fsp3) is 0.167. The Morgan fingerprint density at radius 2 is 1.55 bits per heavy atom. The van der Waals surface area contributed by atoms with Gasteiger partial charge in [-0.1, -0.05) is 48.5 Å². The highest BCUT2D eigenvalue weighted by atomic mass is 16.5. The number of aryl methyl sites for hydroxylation is 1. The Labute approximate surface area is 170 Å². The van der Waals surface area contributed by atoms with Crippen molar-refractivity contribution >= 4 is 23.2 Å². The van der Waals surface area contributed by atoms with Crippen molar-refractivity contribution in [3.05, 3.63) is 90.0 Å². The van der Waals surface area contributed by atoms with Crippen molar-refractivity contribution in [1.82, 2.24) is 0 Å². The Kier molecular flexibility index (Phi) is 6.63. The first-order valence-corrected chi connectivity index (χ1v) is 9.54. The zero-order chi connectivity index (χ0) is 20.6. The van der Waals surface area contributed by atoms with Crippen molar-refractivity contribution in [1.29, 1.82) is 0 Å². The lowest BCUT2D eigenvalue weighted by Crippen LogP contribution is -2.32. The van der Waals surface area contributed by atoms with E-state index in [1.165, 1.54) is 0 Å². The summed E-state index contributed by atoms with van der Waals surface area (Å²) in [6, 6.07) is 24.0. The summed E-state index contributed by atoms with van der Waals surface area (Å²) in [7, 11) is 0. The van der Waals surface area contributed by atoms with E-state index in [2.05, 4.69) is 5.32 Å². The number of carbonyl (C=O) groups is 2. The Morgan fingerprint density at radius 3 is 2.28 bits per heavy atom. The minimum atomic E-state index is -0.323. The number of ether oxygens (including phenoxy) is 1. The van der Waals surface area contributed by atoms with E-state index < -0.39 is 0 Å². The summed E-state index contributed by atoms with van der Waals surface area (Å²) in [4.78, 5) is 27.2. The van der Waals surface area contributed by atoms with Crippen molar-refractivity contribution in [2.24, 2.45) is 0 Å². The third kappa shape index (κ3) is 5.02. The number of nitrogens with zero attached hydrogens (tertiary/aromatic N) is 1. The molecule has 0 unspecified atom stereocenters. The van der Waals surface area contributed by atoms with Crippen LogP contribution in [-0.4, -0.2) is 25.0 Å². The Morgan fingerprint density at radius 1 is 0.897 bits per heavy atom. The molecule has 0 fully saturated rings. The van der Waals surface area contributed by atoms with Crippen LogP contribution < -0.4 is 15.0 Å². The second-order valence-corrected chi connectivity index (χ2v) is 6.53. The first-order valence-electron chi connectivity index (χ1n) is 9.54. The quantitative estimate of drug-likeness (QED) is 0.639. The van der Waals surface area contributed by atoms with Crippen molar-refractivity contribution in [2.45, 2.75) is 13.8 Å². The number of carbonyl (C=O) groups excluding carboxylic acids is 2. The molecule has 0 aliphatic heterocycles. The van der Waals surface area contributed by atoms with E-state index in [4.69, 9.17) is 4.74 Å². The zero-order valence-electron chi connectivity index (χ0n) is 16.6. The van der Waals surface area contributed by atoms with E-state index >= 15 is 0 Å². The van der Waals surface area contributed by atoms with E-state index in [1.807, 2.05) is 68.4 Å². The maximum absolute atomic E-state index is 13.1. The van der Waals surface area contributed by atoms with Gasteiger partial charge in [0.1, 0.15) is 5.75 Å². The molecule has 0 aliphatic rings. The molecule has 5 nitrogen and oxygen atoms in total. The molecule has 1 N–H and O–H groups in total. The molecule has 3 aromatic carbocycles. The van der Waals surface area contributed by atoms with Gasteiger partial charge in [-0.2, -0.15) is 0 Å². The summed E-state index contributed by atoms with van der Waals surface area (Å²) in [5.41, 5.74) is 2.66. The van der Waals surface area contributed by atoms with Gasteiger partial charge in [-0.05, 0) is 49.7 Å². The number of benzene rings is 3. The SMILES string of the molecule is CCN(C(=O)c1ccccc1NC(=O)COc1ccccc1C)c1ccccc1. The number of nitrogens with one attached hydrogen (secondary N) is 1. The average molecular weight is 388 g/mol. The van der Waals surface area contributed by atoms with Crippen LogP contribution in [0.4, 0.5) is 11.4 Å². The molecule has 0 atom stereocenters. The van der Waals surface area contributed by atoms with Crippen LogP contribution in [0.25, 0.3) is 0 Å². The van der Waals surface area contributed by atoms with Crippen LogP contribution in [0.3, 0.4) is 0 Å². The van der Waals surface area contributed by atoms with E-state index in [0.29, 0.717) is 23.5 Å². The molecular weight excluding hydrogens is 364 g/mol. The average Bonchev–Trinajstić information content (AvgIpc) is 2.75. The van der Waals surface area contributed by atoms with Crippen molar-refractivity contribution < 1.29 is 14.3 Å². The van der Waals surface area contributed by atoms with Gasteiger partial charge in [0.15, 0.2) is 6.61 Å². The third-order valence-corrected chi connectivity index (χ3v) is 4.51. The van der Waals surface area contributed by atoms with E-state index in [-0.39, 0.29) is 18.4 Å². The number of hydrogen-bond acceptors (Lipinski definition) is 3. The summed E-state index contributed by atoms with van der Waals surface area (Å²) >= 11 is 0. The molecule has 148 valence electrons. The molecule has 0 saturated heterocycles. The zero-order valence-corrected chi connectivity index (χ0v) is 16.6. The summed E-state index contributed by atoms with van der Waals surface area (Å²) in [5.74, 6) is 0.166. The molecule has 3 rings (SSSR count). The molecule has 0 aromatic heterocycles. The van der Waals surface area contributed by atoms with Gasteiger partial charge in [-0.3, -0.25) is 9.59 Å². The van der Waals surface area contributed by atoms with E-state index in [9.17, 15) is 9.59 Å². The fourth-order valence-electron chi connectivity index (χ4n) is 3.02. The maximum Gasteiger partial charge on any atom is 0.262 e. The summed E-state index contributed by atoms with van der Waals surface area (Å²) in [6.45, 7) is 4.22. The second-order valence-electron chi connectivity index (χ2n) is 6.53. The normalized spacial score (nSPS) is 10.3. The highest BCUT2D eigenvalue weighted by Gasteiger charge is 2.20. The monoisotopic (exact) mass is 388 g/mol. The van der Waals surface area contributed by atoms with Crippen LogP contribution in [0.5, 0.6) is 5.75 Å². The molecule has 0 bridgehead atoms. The van der Waals surface area contributed by atoms with E-state index in [1.54, 1.807) is 29.2 Å². The van der Waals surface area contributed by atoms with Crippen LogP contribution in [0.1, 0.15) is 22.8 Å². The lowest BCUT2D eigenvalue weighted by atomic mass is 10.1. The van der Waals surface area contributed by atoms with Gasteiger partial charge in [-0.15, -0.1) is 0 Å². The van der Waals surface area contributed by atoms with Gasteiger partial charge in [0.2, 0.25) is 0 Å². The minimum Gasteiger partial charge on any atom is -0.483 e. The van der Waals surface area contributed by atoms with Crippen LogP contribution in [0.15, 0.2) is 78.9 Å². The second kappa shape index (κ2) is 9.55. The molecule has 0 aliphatic carbocycles. The molecule has 0 spiro atoms. The fourth-order valence-corrected chi connectivity index (χ4v) is 3.02. The first kappa shape index (κ1) is 20.1. The van der Waals surface area contributed by atoms with Crippen LogP contribution in [0, 0.1) is 6.92 Å². The molecule has 29 heavy (non-hydrogen) atoms. The third-order valence-electron chi connectivity index (χ3n) is 4.51. The Bertz CT molecular complexity index is 986. The predicted molar refractivity (Wildman–Crippen MR) is 116 cm³/mol.